The smallest absolute Gasteiger partial charge is 0.318 e. The lowest BCUT2D eigenvalue weighted by atomic mass is 10.0. The average molecular weight is 484 g/mol. The van der Waals surface area contributed by atoms with Crippen molar-refractivity contribution in [3.8, 4) is 12.1 Å². The van der Waals surface area contributed by atoms with E-state index in [1.807, 2.05) is 0 Å². The fraction of sp³-hybridized carbons (Fsp3) is 0.464. The van der Waals surface area contributed by atoms with Gasteiger partial charge in [-0.15, -0.1) is 0 Å². The number of piperazine rings is 1. The summed E-state index contributed by atoms with van der Waals surface area (Å²) in [6.07, 6.45) is 3.17. The van der Waals surface area contributed by atoms with E-state index in [2.05, 4.69) is 75.6 Å². The molecule has 36 heavy (non-hydrogen) atoms. The van der Waals surface area contributed by atoms with E-state index in [-0.39, 0.29) is 6.04 Å². The highest BCUT2D eigenvalue weighted by molar-refractivity contribution is 5.94. The van der Waals surface area contributed by atoms with E-state index in [0.29, 0.717) is 31.7 Å². The largest absolute Gasteiger partial charge is 0.462 e. The van der Waals surface area contributed by atoms with Crippen molar-refractivity contribution in [3.63, 3.8) is 0 Å². The van der Waals surface area contributed by atoms with Gasteiger partial charge >= 0.3 is 6.01 Å². The van der Waals surface area contributed by atoms with Crippen molar-refractivity contribution in [1.82, 2.24) is 20.2 Å². The topological polar surface area (TPSA) is 80.5 Å². The fourth-order valence-corrected chi connectivity index (χ4v) is 5.81. The molecule has 3 aliphatic heterocycles. The maximum Gasteiger partial charge on any atom is 0.318 e. The number of benzene rings is 2. The third kappa shape index (κ3) is 4.34. The predicted molar refractivity (Wildman–Crippen MR) is 141 cm³/mol. The Morgan fingerprint density at radius 2 is 2.00 bits per heavy atom. The molecule has 0 amide bonds. The monoisotopic (exact) mass is 483 g/mol. The molecule has 186 valence electrons. The molecule has 3 aromatic rings. The maximum absolute atomic E-state index is 9.84. The molecule has 1 aromatic heterocycles. The van der Waals surface area contributed by atoms with E-state index in [4.69, 9.17) is 14.7 Å². The lowest BCUT2D eigenvalue weighted by Crippen LogP contribution is -2.51. The molecule has 2 aromatic carbocycles. The maximum atomic E-state index is 9.84. The molecule has 0 unspecified atom stereocenters. The van der Waals surface area contributed by atoms with Gasteiger partial charge in [0.15, 0.2) is 0 Å². The number of likely N-dealkylation sites (tertiary alicyclic amines) is 1. The number of fused-ring (bicyclic) bond motifs is 2. The molecule has 8 nitrogen and oxygen atoms in total. The van der Waals surface area contributed by atoms with Gasteiger partial charge in [-0.05, 0) is 44.3 Å². The van der Waals surface area contributed by atoms with Gasteiger partial charge in [-0.25, -0.2) is 0 Å². The molecule has 0 bridgehead atoms. The van der Waals surface area contributed by atoms with Crippen molar-refractivity contribution in [1.29, 1.82) is 5.26 Å². The van der Waals surface area contributed by atoms with Gasteiger partial charge in [0.2, 0.25) is 0 Å². The molecular weight excluding hydrogens is 450 g/mol. The van der Waals surface area contributed by atoms with E-state index < -0.39 is 0 Å². The van der Waals surface area contributed by atoms with Crippen LogP contribution >= 0.6 is 0 Å². The molecule has 6 rings (SSSR count). The Kier molecular flexibility index (Phi) is 6.34. The van der Waals surface area contributed by atoms with Crippen LogP contribution in [0.5, 0.6) is 6.01 Å². The first-order valence-electron chi connectivity index (χ1n) is 13.0. The van der Waals surface area contributed by atoms with Crippen LogP contribution in [0.25, 0.3) is 10.8 Å². The Hall–Kier alpha value is -3.41. The summed E-state index contributed by atoms with van der Waals surface area (Å²) in [5.41, 5.74) is 3.38. The summed E-state index contributed by atoms with van der Waals surface area (Å²) in [6.45, 7) is 5.50. The second-order valence-electron chi connectivity index (χ2n) is 10.1. The van der Waals surface area contributed by atoms with E-state index in [9.17, 15) is 5.26 Å². The second-order valence-corrected chi connectivity index (χ2v) is 10.1. The number of anilines is 2. The van der Waals surface area contributed by atoms with Crippen LogP contribution in [-0.4, -0.2) is 73.3 Å². The molecule has 3 aliphatic rings. The number of aromatic nitrogens is 2. The fourth-order valence-electron chi connectivity index (χ4n) is 5.81. The van der Waals surface area contributed by atoms with Crippen LogP contribution in [0.3, 0.4) is 0 Å². The number of ether oxygens (including phenoxy) is 1. The molecule has 2 atom stereocenters. The highest BCUT2D eigenvalue weighted by atomic mass is 16.5. The minimum atomic E-state index is -0.248. The van der Waals surface area contributed by atoms with E-state index in [1.165, 1.54) is 22.9 Å². The summed E-state index contributed by atoms with van der Waals surface area (Å²) in [5, 5.41) is 15.7. The zero-order valence-electron chi connectivity index (χ0n) is 20.9. The standard InChI is InChI=1S/C28H33N7O/c1-33-13-5-8-21(33)19-36-28-31-25-18-34(26-10-4-7-20-6-2-3-9-23(20)26)14-11-24(25)27(32-28)35-15-12-30-17-22(35)16-29/h2-4,6-7,9-10,21-22,30H,5,8,11-15,17-19H2,1H3/t21-,22-/m0/s1. The third-order valence-electron chi connectivity index (χ3n) is 7.87. The number of hydrogen-bond donors (Lipinski definition) is 1. The average Bonchev–Trinajstić information content (AvgIpc) is 3.35. The van der Waals surface area contributed by atoms with E-state index in [0.717, 1.165) is 56.1 Å². The normalized spacial score (nSPS) is 22.4. The van der Waals surface area contributed by atoms with Crippen LogP contribution in [-0.2, 0) is 13.0 Å². The lowest BCUT2D eigenvalue weighted by Gasteiger charge is -2.37. The van der Waals surface area contributed by atoms with Gasteiger partial charge in [0.05, 0.1) is 18.3 Å². The van der Waals surface area contributed by atoms with Crippen LogP contribution in [0.15, 0.2) is 42.5 Å². The van der Waals surface area contributed by atoms with Crippen molar-refractivity contribution in [2.45, 2.75) is 37.9 Å². The van der Waals surface area contributed by atoms with Gasteiger partial charge in [-0.2, -0.15) is 15.2 Å². The Bertz CT molecular complexity index is 1280. The summed E-state index contributed by atoms with van der Waals surface area (Å²) >= 11 is 0. The van der Waals surface area contributed by atoms with Crippen LogP contribution in [0.4, 0.5) is 11.5 Å². The van der Waals surface area contributed by atoms with Gasteiger partial charge in [-0.3, -0.25) is 0 Å². The first-order valence-corrected chi connectivity index (χ1v) is 13.0. The summed E-state index contributed by atoms with van der Waals surface area (Å²) in [7, 11) is 2.15. The summed E-state index contributed by atoms with van der Waals surface area (Å²) in [5.74, 6) is 0.875. The van der Waals surface area contributed by atoms with Crippen molar-refractivity contribution in [3.05, 3.63) is 53.7 Å². The minimum absolute atomic E-state index is 0.248. The van der Waals surface area contributed by atoms with Crippen molar-refractivity contribution < 1.29 is 4.74 Å². The third-order valence-corrected chi connectivity index (χ3v) is 7.87. The van der Waals surface area contributed by atoms with Gasteiger partial charge in [0.25, 0.3) is 0 Å². The van der Waals surface area contributed by atoms with E-state index in [1.54, 1.807) is 0 Å². The summed E-state index contributed by atoms with van der Waals surface area (Å²) in [6, 6.07) is 18.1. The van der Waals surface area contributed by atoms with Gasteiger partial charge in [0.1, 0.15) is 18.5 Å². The SMILES string of the molecule is CN1CCC[C@H]1COc1nc2c(c(N3CCNC[C@@H]3C#N)n1)CCN(c1cccc3ccccc13)C2. The number of hydrogen-bond acceptors (Lipinski definition) is 8. The highest BCUT2D eigenvalue weighted by Crippen LogP contribution is 2.34. The predicted octanol–water partition coefficient (Wildman–Crippen LogP) is 2.97. The second kappa shape index (κ2) is 9.92. The molecule has 0 radical (unpaired) electrons. The van der Waals surface area contributed by atoms with Crippen LogP contribution in [0.2, 0.25) is 0 Å². The Morgan fingerprint density at radius 3 is 2.86 bits per heavy atom. The molecule has 4 heterocycles. The van der Waals surface area contributed by atoms with Gasteiger partial charge < -0.3 is 24.8 Å². The molecule has 8 heteroatoms. The summed E-state index contributed by atoms with van der Waals surface area (Å²) in [4.78, 5) is 16.8. The molecular formula is C28H33N7O. The summed E-state index contributed by atoms with van der Waals surface area (Å²) < 4.78 is 6.23. The van der Waals surface area contributed by atoms with Crippen LogP contribution < -0.4 is 19.9 Å². The molecule has 0 aliphatic carbocycles. The molecule has 1 N–H and O–H groups in total. The lowest BCUT2D eigenvalue weighted by molar-refractivity contribution is 0.187. The number of nitrogens with one attached hydrogen (secondary N) is 1. The quantitative estimate of drug-likeness (QED) is 0.593. The molecule has 2 fully saturated rings. The van der Waals surface area contributed by atoms with Crippen LogP contribution in [0.1, 0.15) is 24.1 Å². The first-order chi connectivity index (χ1) is 17.7. The number of nitriles is 1. The molecule has 0 saturated carbocycles. The highest BCUT2D eigenvalue weighted by Gasteiger charge is 2.31. The zero-order valence-corrected chi connectivity index (χ0v) is 20.9. The number of nitrogens with zero attached hydrogens (tertiary/aromatic N) is 6. The minimum Gasteiger partial charge on any atom is -0.462 e. The van der Waals surface area contributed by atoms with Gasteiger partial charge in [-0.1, -0.05) is 36.4 Å². The van der Waals surface area contributed by atoms with Gasteiger partial charge in [0, 0.05) is 48.9 Å². The Balaban J connectivity index is 1.35. The van der Waals surface area contributed by atoms with Crippen LogP contribution in [0, 0.1) is 11.3 Å². The molecule has 2 saturated heterocycles. The Labute approximate surface area is 212 Å². The Morgan fingerprint density at radius 1 is 1.11 bits per heavy atom. The zero-order chi connectivity index (χ0) is 24.5. The van der Waals surface area contributed by atoms with E-state index >= 15 is 0 Å². The van der Waals surface area contributed by atoms with Crippen molar-refractivity contribution in [2.24, 2.45) is 0 Å². The van der Waals surface area contributed by atoms with Crippen molar-refractivity contribution >= 4 is 22.3 Å². The number of likely N-dealkylation sites (N-methyl/N-ethyl adjacent to an activating group) is 1. The van der Waals surface area contributed by atoms with Crippen molar-refractivity contribution in [2.75, 3.05) is 56.2 Å². The number of rotatable bonds is 5. The first kappa shape index (κ1) is 23.0. The molecule has 0 spiro atoms.